The second kappa shape index (κ2) is 10.8. The fraction of sp³-hybridized carbons (Fsp3) is 0.900. The normalized spacial score (nSPS) is 23.4. The predicted molar refractivity (Wildman–Crippen MR) is 106 cm³/mol. The quantitative estimate of drug-likeness (QED) is 0.408. The van der Waals surface area contributed by atoms with Gasteiger partial charge in [-0.05, 0) is 42.3 Å². The molecule has 1 fully saturated rings. The van der Waals surface area contributed by atoms with Crippen LogP contribution in [-0.4, -0.2) is 45.1 Å². The second-order valence-corrected chi connectivity index (χ2v) is 13.6. The summed E-state index contributed by atoms with van der Waals surface area (Å²) >= 11 is 0. The van der Waals surface area contributed by atoms with E-state index in [1.165, 1.54) is 0 Å². The fourth-order valence-corrected chi connectivity index (χ4v) is 9.87. The highest BCUT2D eigenvalue weighted by Crippen LogP contribution is 2.44. The van der Waals surface area contributed by atoms with Crippen LogP contribution in [0.3, 0.4) is 0 Å². The SMILES string of the molecule is C=CC[C@@H](O)CCO[C@H]1OCCC[C@@H]1O[Si](C(C)C)(C(C)C)C(C)C. The van der Waals surface area contributed by atoms with Crippen molar-refractivity contribution in [3.8, 4) is 0 Å². The number of aliphatic hydroxyl groups is 1. The zero-order valence-electron chi connectivity index (χ0n) is 17.2. The summed E-state index contributed by atoms with van der Waals surface area (Å²) in [6.07, 6.45) is 4.23. The molecule has 0 aromatic heterocycles. The summed E-state index contributed by atoms with van der Waals surface area (Å²) < 4.78 is 18.8. The molecule has 25 heavy (non-hydrogen) atoms. The van der Waals surface area contributed by atoms with Crippen molar-refractivity contribution in [3.05, 3.63) is 12.7 Å². The van der Waals surface area contributed by atoms with Gasteiger partial charge in [0.05, 0.1) is 18.8 Å². The van der Waals surface area contributed by atoms with Gasteiger partial charge in [-0.15, -0.1) is 6.58 Å². The summed E-state index contributed by atoms with van der Waals surface area (Å²) in [5.41, 5.74) is 1.64. The Morgan fingerprint density at radius 1 is 1.16 bits per heavy atom. The first-order valence-corrected chi connectivity index (χ1v) is 12.1. The van der Waals surface area contributed by atoms with Crippen molar-refractivity contribution in [2.45, 2.75) is 102 Å². The number of ether oxygens (including phenoxy) is 2. The summed E-state index contributed by atoms with van der Waals surface area (Å²) in [5, 5.41) is 9.83. The topological polar surface area (TPSA) is 47.9 Å². The molecule has 1 heterocycles. The molecule has 0 bridgehead atoms. The zero-order valence-corrected chi connectivity index (χ0v) is 18.2. The van der Waals surface area contributed by atoms with Crippen molar-refractivity contribution in [2.75, 3.05) is 13.2 Å². The van der Waals surface area contributed by atoms with Crippen LogP contribution in [0.25, 0.3) is 0 Å². The minimum atomic E-state index is -1.95. The van der Waals surface area contributed by atoms with Crippen molar-refractivity contribution < 1.29 is 19.0 Å². The van der Waals surface area contributed by atoms with Crippen molar-refractivity contribution >= 4 is 8.32 Å². The smallest absolute Gasteiger partial charge is 0.201 e. The summed E-state index contributed by atoms with van der Waals surface area (Å²) in [6.45, 7) is 18.7. The number of rotatable bonds is 11. The Morgan fingerprint density at radius 2 is 1.76 bits per heavy atom. The first kappa shape index (κ1) is 22.8. The monoisotopic (exact) mass is 372 g/mol. The molecule has 0 saturated carbocycles. The van der Waals surface area contributed by atoms with Gasteiger partial charge >= 0.3 is 0 Å². The van der Waals surface area contributed by atoms with E-state index in [1.54, 1.807) is 6.08 Å². The minimum absolute atomic E-state index is 0.00386. The predicted octanol–water partition coefficient (Wildman–Crippen LogP) is 5.03. The lowest BCUT2D eigenvalue weighted by molar-refractivity contribution is -0.212. The molecule has 4 nitrogen and oxygen atoms in total. The molecule has 0 aromatic carbocycles. The van der Waals surface area contributed by atoms with E-state index in [4.69, 9.17) is 13.9 Å². The lowest BCUT2D eigenvalue weighted by Gasteiger charge is -2.46. The van der Waals surface area contributed by atoms with E-state index < -0.39 is 14.4 Å². The van der Waals surface area contributed by atoms with E-state index in [0.717, 1.165) is 19.4 Å². The van der Waals surface area contributed by atoms with Gasteiger partial charge < -0.3 is 19.0 Å². The number of hydrogen-bond donors (Lipinski definition) is 1. The van der Waals surface area contributed by atoms with Crippen LogP contribution < -0.4 is 0 Å². The maximum Gasteiger partial charge on any atom is 0.201 e. The average molecular weight is 373 g/mol. The van der Waals surface area contributed by atoms with Gasteiger partial charge in [-0.3, -0.25) is 0 Å². The Labute approximate surface area is 156 Å². The maximum absolute atomic E-state index is 9.83. The van der Waals surface area contributed by atoms with Crippen LogP contribution in [0.5, 0.6) is 0 Å². The summed E-state index contributed by atoms with van der Waals surface area (Å²) in [7, 11) is -1.95. The van der Waals surface area contributed by atoms with Crippen molar-refractivity contribution in [2.24, 2.45) is 0 Å². The maximum atomic E-state index is 9.83. The second-order valence-electron chi connectivity index (χ2n) is 8.19. The Bertz CT molecular complexity index is 362. The molecule has 1 saturated heterocycles. The molecular weight excluding hydrogens is 332 g/mol. The number of hydrogen-bond acceptors (Lipinski definition) is 4. The molecular formula is C20H40O4Si. The van der Waals surface area contributed by atoms with E-state index in [9.17, 15) is 5.11 Å². The van der Waals surface area contributed by atoms with Gasteiger partial charge in [0.25, 0.3) is 0 Å². The molecule has 3 atom stereocenters. The molecule has 1 N–H and O–H groups in total. The van der Waals surface area contributed by atoms with E-state index in [2.05, 4.69) is 48.1 Å². The third kappa shape index (κ3) is 6.17. The first-order chi connectivity index (χ1) is 11.8. The van der Waals surface area contributed by atoms with E-state index >= 15 is 0 Å². The molecule has 0 spiro atoms. The molecule has 148 valence electrons. The Hall–Kier alpha value is -0.203. The molecule has 0 aliphatic carbocycles. The van der Waals surface area contributed by atoms with Gasteiger partial charge in [0.15, 0.2) is 6.29 Å². The Balaban J connectivity index is 2.75. The third-order valence-corrected chi connectivity index (χ3v) is 11.6. The molecule has 5 heteroatoms. The molecule has 0 amide bonds. The summed E-state index contributed by atoms with van der Waals surface area (Å²) in [5.74, 6) is 0. The van der Waals surface area contributed by atoms with E-state index in [1.807, 2.05) is 0 Å². The minimum Gasteiger partial charge on any atom is -0.408 e. The van der Waals surface area contributed by atoms with Crippen molar-refractivity contribution in [1.82, 2.24) is 0 Å². The highest BCUT2D eigenvalue weighted by atomic mass is 28.4. The van der Waals surface area contributed by atoms with E-state index in [0.29, 0.717) is 36.1 Å². The average Bonchev–Trinajstić information content (AvgIpc) is 2.53. The van der Waals surface area contributed by atoms with Crippen molar-refractivity contribution in [3.63, 3.8) is 0 Å². The van der Waals surface area contributed by atoms with Crippen LogP contribution in [0.2, 0.25) is 16.6 Å². The van der Waals surface area contributed by atoms with Crippen molar-refractivity contribution in [1.29, 1.82) is 0 Å². The first-order valence-electron chi connectivity index (χ1n) is 9.95. The standard InChI is InChI=1S/C20H40O4Si/c1-8-10-18(21)12-14-23-20-19(11-9-13-22-20)24-25(15(2)3,16(4)5)17(6)7/h8,15-21H,1,9-14H2,2-7H3/t18-,19+,20-/m1/s1. The summed E-state index contributed by atoms with van der Waals surface area (Å²) in [6, 6.07) is 0. The molecule has 1 rings (SSSR count). The number of aliphatic hydroxyl groups excluding tert-OH is 1. The van der Waals surface area contributed by atoms with Crippen LogP contribution in [0.1, 0.15) is 67.2 Å². The molecule has 1 aliphatic heterocycles. The van der Waals surface area contributed by atoms with E-state index in [-0.39, 0.29) is 12.4 Å². The van der Waals surface area contributed by atoms with Gasteiger partial charge in [0, 0.05) is 6.61 Å². The highest BCUT2D eigenvalue weighted by Gasteiger charge is 2.48. The van der Waals surface area contributed by atoms with Gasteiger partial charge in [0.1, 0.15) is 0 Å². The highest BCUT2D eigenvalue weighted by molar-refractivity contribution is 6.77. The zero-order chi connectivity index (χ0) is 19.0. The molecule has 0 aromatic rings. The van der Waals surface area contributed by atoms with Gasteiger partial charge in [-0.2, -0.15) is 0 Å². The Morgan fingerprint density at radius 3 is 2.28 bits per heavy atom. The lowest BCUT2D eigenvalue weighted by Crippen LogP contribution is -2.54. The molecule has 1 aliphatic rings. The largest absolute Gasteiger partial charge is 0.408 e. The fourth-order valence-electron chi connectivity index (χ4n) is 4.30. The molecule has 0 radical (unpaired) electrons. The molecule has 0 unspecified atom stereocenters. The Kier molecular flexibility index (Phi) is 9.89. The van der Waals surface area contributed by atoms with Crippen LogP contribution in [-0.2, 0) is 13.9 Å². The van der Waals surface area contributed by atoms with Gasteiger partial charge in [-0.25, -0.2) is 0 Å². The lowest BCUT2D eigenvalue weighted by atomic mass is 10.1. The summed E-state index contributed by atoms with van der Waals surface area (Å²) in [4.78, 5) is 0. The van der Waals surface area contributed by atoms with Crippen LogP contribution in [0, 0.1) is 0 Å². The van der Waals surface area contributed by atoms with Crippen LogP contribution in [0.4, 0.5) is 0 Å². The third-order valence-electron chi connectivity index (χ3n) is 5.45. The van der Waals surface area contributed by atoms with Gasteiger partial charge in [-0.1, -0.05) is 47.6 Å². The van der Waals surface area contributed by atoms with Gasteiger partial charge in [0.2, 0.25) is 8.32 Å². The van der Waals surface area contributed by atoms with Crippen LogP contribution >= 0.6 is 0 Å². The van der Waals surface area contributed by atoms with Crippen LogP contribution in [0.15, 0.2) is 12.7 Å².